The van der Waals surface area contributed by atoms with Crippen molar-refractivity contribution in [2.45, 2.75) is 64.0 Å². The van der Waals surface area contributed by atoms with Crippen LogP contribution in [0.5, 0.6) is 5.75 Å². The molecule has 0 radical (unpaired) electrons. The van der Waals surface area contributed by atoms with Crippen molar-refractivity contribution >= 4 is 0 Å². The van der Waals surface area contributed by atoms with Crippen LogP contribution in [0.2, 0.25) is 0 Å². The molecule has 2 aliphatic carbocycles. The smallest absolute Gasteiger partial charge is 0.118 e. The lowest BCUT2D eigenvalue weighted by atomic mass is 9.71. The number of hydrogen-bond donors (Lipinski definition) is 1. The molecule has 0 saturated heterocycles. The van der Waals surface area contributed by atoms with Crippen molar-refractivity contribution in [3.8, 4) is 5.75 Å². The van der Waals surface area contributed by atoms with Crippen LogP contribution in [-0.2, 0) is 6.54 Å². The molecule has 0 aromatic heterocycles. The Morgan fingerprint density at radius 1 is 1.05 bits per heavy atom. The fourth-order valence-corrected chi connectivity index (χ4v) is 4.06. The van der Waals surface area contributed by atoms with Crippen molar-refractivity contribution in [3.63, 3.8) is 0 Å². The third kappa shape index (κ3) is 3.17. The lowest BCUT2D eigenvalue weighted by molar-refractivity contribution is 0.168. The van der Waals surface area contributed by atoms with Gasteiger partial charge in [0, 0.05) is 12.6 Å². The topological polar surface area (TPSA) is 21.3 Å². The van der Waals surface area contributed by atoms with E-state index in [0.717, 1.165) is 23.8 Å². The number of benzene rings is 1. The molecule has 1 spiro atoms. The van der Waals surface area contributed by atoms with Gasteiger partial charge in [0.2, 0.25) is 0 Å². The van der Waals surface area contributed by atoms with E-state index in [0.29, 0.717) is 0 Å². The highest BCUT2D eigenvalue weighted by atomic mass is 16.5. The Morgan fingerprint density at radius 3 is 2.30 bits per heavy atom. The van der Waals surface area contributed by atoms with Crippen LogP contribution in [0.25, 0.3) is 0 Å². The average Bonchev–Trinajstić information content (AvgIpc) is 2.96. The van der Waals surface area contributed by atoms with E-state index >= 15 is 0 Å². The predicted molar refractivity (Wildman–Crippen MR) is 83.0 cm³/mol. The molecule has 0 bridgehead atoms. The molecule has 2 nitrogen and oxygen atoms in total. The number of methoxy groups -OCH3 is 1. The minimum atomic E-state index is 0.725. The molecule has 1 aromatic rings. The summed E-state index contributed by atoms with van der Waals surface area (Å²) in [5.41, 5.74) is 2.10. The largest absolute Gasteiger partial charge is 0.497 e. The monoisotopic (exact) mass is 273 g/mol. The lowest BCUT2D eigenvalue weighted by Crippen LogP contribution is -2.36. The van der Waals surface area contributed by atoms with Crippen LogP contribution < -0.4 is 10.1 Å². The quantitative estimate of drug-likeness (QED) is 0.883. The molecule has 20 heavy (non-hydrogen) atoms. The van der Waals surface area contributed by atoms with Crippen molar-refractivity contribution < 1.29 is 4.74 Å². The van der Waals surface area contributed by atoms with Gasteiger partial charge in [0.15, 0.2) is 0 Å². The van der Waals surface area contributed by atoms with Crippen LogP contribution in [0.15, 0.2) is 24.3 Å². The van der Waals surface area contributed by atoms with E-state index in [4.69, 9.17) is 4.74 Å². The minimum absolute atomic E-state index is 0.725. The van der Waals surface area contributed by atoms with Crippen molar-refractivity contribution in [2.75, 3.05) is 7.11 Å². The van der Waals surface area contributed by atoms with Crippen LogP contribution in [0.3, 0.4) is 0 Å². The molecule has 1 aromatic carbocycles. The Morgan fingerprint density at radius 2 is 1.70 bits per heavy atom. The summed E-state index contributed by atoms with van der Waals surface area (Å²) in [5, 5.41) is 3.74. The summed E-state index contributed by atoms with van der Waals surface area (Å²) in [6.45, 7) is 0.988. The maximum Gasteiger partial charge on any atom is 0.118 e. The van der Waals surface area contributed by atoms with E-state index in [1.807, 2.05) is 12.1 Å². The highest BCUT2D eigenvalue weighted by Gasteiger charge is 2.37. The number of hydrogen-bond acceptors (Lipinski definition) is 2. The molecule has 110 valence electrons. The first-order valence-corrected chi connectivity index (χ1v) is 8.16. The second-order valence-corrected chi connectivity index (χ2v) is 6.71. The van der Waals surface area contributed by atoms with Crippen molar-refractivity contribution in [2.24, 2.45) is 5.41 Å². The van der Waals surface area contributed by atoms with Crippen molar-refractivity contribution in [1.29, 1.82) is 0 Å². The van der Waals surface area contributed by atoms with Crippen LogP contribution in [0, 0.1) is 5.41 Å². The molecule has 2 aliphatic rings. The summed E-state index contributed by atoms with van der Waals surface area (Å²) in [6, 6.07) is 9.14. The summed E-state index contributed by atoms with van der Waals surface area (Å²) in [6.07, 6.45) is 11.6. The van der Waals surface area contributed by atoms with E-state index in [-0.39, 0.29) is 0 Å². The third-order valence-electron chi connectivity index (χ3n) is 5.46. The fraction of sp³-hybridized carbons (Fsp3) is 0.667. The molecule has 2 saturated carbocycles. The van der Waals surface area contributed by atoms with Gasteiger partial charge in [0.25, 0.3) is 0 Å². The minimum Gasteiger partial charge on any atom is -0.497 e. The Balaban J connectivity index is 1.45. The Bertz CT molecular complexity index is 410. The van der Waals surface area contributed by atoms with Gasteiger partial charge in [-0.2, -0.15) is 0 Å². The third-order valence-corrected chi connectivity index (χ3v) is 5.46. The maximum absolute atomic E-state index is 5.20. The molecular weight excluding hydrogens is 246 g/mol. The van der Waals surface area contributed by atoms with E-state index < -0.39 is 0 Å². The Labute approximate surface area is 122 Å². The van der Waals surface area contributed by atoms with E-state index in [2.05, 4.69) is 17.4 Å². The molecule has 0 aliphatic heterocycles. The molecule has 0 atom stereocenters. The number of rotatable bonds is 4. The molecule has 2 fully saturated rings. The molecule has 0 unspecified atom stereocenters. The average molecular weight is 273 g/mol. The standard InChI is InChI=1S/C18H27NO/c1-20-17-6-4-15(5-7-17)14-19-16-8-12-18(13-9-16)10-2-3-11-18/h4-7,16,19H,2-3,8-14H2,1H3. The Kier molecular flexibility index (Phi) is 4.30. The van der Waals surface area contributed by atoms with Crippen molar-refractivity contribution in [3.05, 3.63) is 29.8 Å². The molecular formula is C18H27NO. The zero-order chi connectivity index (χ0) is 13.8. The van der Waals surface area contributed by atoms with E-state index in [9.17, 15) is 0 Å². The molecule has 0 heterocycles. The summed E-state index contributed by atoms with van der Waals surface area (Å²) in [5.74, 6) is 0.939. The van der Waals surface area contributed by atoms with Crippen LogP contribution >= 0.6 is 0 Å². The van der Waals surface area contributed by atoms with Crippen LogP contribution in [-0.4, -0.2) is 13.2 Å². The first kappa shape index (κ1) is 13.9. The first-order valence-electron chi connectivity index (χ1n) is 8.16. The van der Waals surface area contributed by atoms with Gasteiger partial charge in [-0.25, -0.2) is 0 Å². The van der Waals surface area contributed by atoms with Gasteiger partial charge in [-0.3, -0.25) is 0 Å². The van der Waals surface area contributed by atoms with Gasteiger partial charge in [-0.15, -0.1) is 0 Å². The molecule has 2 heteroatoms. The Hall–Kier alpha value is -1.02. The summed E-state index contributed by atoms with van der Waals surface area (Å²) >= 11 is 0. The SMILES string of the molecule is COc1ccc(CNC2CCC3(CCCC3)CC2)cc1. The molecule has 0 amide bonds. The van der Waals surface area contributed by atoms with E-state index in [1.54, 1.807) is 7.11 Å². The predicted octanol–water partition coefficient (Wildman–Crippen LogP) is 4.29. The lowest BCUT2D eigenvalue weighted by Gasteiger charge is -2.37. The summed E-state index contributed by atoms with van der Waals surface area (Å²) < 4.78 is 5.20. The van der Waals surface area contributed by atoms with Gasteiger partial charge in [0.1, 0.15) is 5.75 Å². The van der Waals surface area contributed by atoms with Crippen LogP contribution in [0.1, 0.15) is 56.9 Å². The van der Waals surface area contributed by atoms with Gasteiger partial charge in [-0.05, 0) is 61.6 Å². The first-order chi connectivity index (χ1) is 9.80. The highest BCUT2D eigenvalue weighted by Crippen LogP contribution is 2.48. The van der Waals surface area contributed by atoms with E-state index in [1.165, 1.54) is 56.9 Å². The van der Waals surface area contributed by atoms with Gasteiger partial charge < -0.3 is 10.1 Å². The summed E-state index contributed by atoms with van der Waals surface area (Å²) in [4.78, 5) is 0. The highest BCUT2D eigenvalue weighted by molar-refractivity contribution is 5.27. The second kappa shape index (κ2) is 6.17. The van der Waals surface area contributed by atoms with Gasteiger partial charge >= 0.3 is 0 Å². The normalized spacial score (nSPS) is 22.2. The van der Waals surface area contributed by atoms with Gasteiger partial charge in [0.05, 0.1) is 7.11 Å². The number of nitrogens with one attached hydrogen (secondary N) is 1. The van der Waals surface area contributed by atoms with Crippen molar-refractivity contribution in [1.82, 2.24) is 5.32 Å². The summed E-state index contributed by atoms with van der Waals surface area (Å²) in [7, 11) is 1.72. The number of ether oxygens (including phenoxy) is 1. The van der Waals surface area contributed by atoms with Gasteiger partial charge in [-0.1, -0.05) is 25.0 Å². The maximum atomic E-state index is 5.20. The zero-order valence-electron chi connectivity index (χ0n) is 12.7. The molecule has 3 rings (SSSR count). The molecule has 1 N–H and O–H groups in total. The second-order valence-electron chi connectivity index (χ2n) is 6.71. The van der Waals surface area contributed by atoms with Crippen LogP contribution in [0.4, 0.5) is 0 Å². The fourth-order valence-electron chi connectivity index (χ4n) is 4.06. The zero-order valence-corrected chi connectivity index (χ0v) is 12.7.